The molecule has 2 aromatic rings. The molecule has 3 aliphatic rings. The summed E-state index contributed by atoms with van der Waals surface area (Å²) in [5.41, 5.74) is 9.26. The maximum absolute atomic E-state index is 6.24. The summed E-state index contributed by atoms with van der Waals surface area (Å²) in [7, 11) is 0. The number of amidine groups is 1. The second kappa shape index (κ2) is 6.02. The van der Waals surface area contributed by atoms with Crippen LogP contribution in [0.25, 0.3) is 0 Å². The van der Waals surface area contributed by atoms with Gasteiger partial charge in [-0.3, -0.25) is 0 Å². The Labute approximate surface area is 153 Å². The monoisotopic (exact) mass is 348 g/mol. The van der Waals surface area contributed by atoms with E-state index in [1.165, 1.54) is 36.8 Å². The zero-order chi connectivity index (χ0) is 17.7. The fraction of sp³-hybridized carbons (Fsp3) is 0.381. The van der Waals surface area contributed by atoms with Gasteiger partial charge in [0.2, 0.25) is 0 Å². The van der Waals surface area contributed by atoms with Crippen molar-refractivity contribution in [2.75, 3.05) is 0 Å². The topological polar surface area (TPSA) is 85.7 Å². The van der Waals surface area contributed by atoms with Gasteiger partial charge in [-0.15, -0.1) is 0 Å². The lowest BCUT2D eigenvalue weighted by Crippen LogP contribution is -2.40. The Bertz CT molecular complexity index is 866. The highest BCUT2D eigenvalue weighted by atomic mass is 16.5. The minimum absolute atomic E-state index is 0.326. The minimum Gasteiger partial charge on any atom is -0.457 e. The first-order valence-electron chi connectivity index (χ1n) is 9.43. The Morgan fingerprint density at radius 2 is 1.73 bits per heavy atom. The zero-order valence-corrected chi connectivity index (χ0v) is 14.7. The molecule has 5 N–H and O–H groups in total. The summed E-state index contributed by atoms with van der Waals surface area (Å²) in [6.45, 7) is 0. The van der Waals surface area contributed by atoms with E-state index in [0.717, 1.165) is 17.1 Å². The van der Waals surface area contributed by atoms with Crippen molar-refractivity contribution in [1.82, 2.24) is 5.32 Å². The van der Waals surface area contributed by atoms with Gasteiger partial charge in [-0.2, -0.15) is 5.10 Å². The number of nitrogens with zero attached hydrogens (tertiary/aromatic N) is 1. The number of hydrogen-bond donors (Lipinski definition) is 3. The molecule has 3 atom stereocenters. The SMILES string of the molecule is N/N=C(\N)c1ccc2c(c1)Oc1ccccc1C2C1CC2CCC(C1)N2. The highest BCUT2D eigenvalue weighted by molar-refractivity contribution is 5.97. The van der Waals surface area contributed by atoms with Gasteiger partial charge in [0.15, 0.2) is 0 Å². The van der Waals surface area contributed by atoms with Crippen LogP contribution in [-0.4, -0.2) is 17.9 Å². The van der Waals surface area contributed by atoms with Gasteiger partial charge in [0.05, 0.1) is 0 Å². The summed E-state index contributed by atoms with van der Waals surface area (Å²) in [6, 6.07) is 15.9. The Morgan fingerprint density at radius 1 is 1.00 bits per heavy atom. The number of para-hydroxylation sites is 1. The molecule has 2 bridgehead atoms. The lowest BCUT2D eigenvalue weighted by Gasteiger charge is -2.38. The molecule has 5 nitrogen and oxygen atoms in total. The van der Waals surface area contributed by atoms with Gasteiger partial charge in [-0.1, -0.05) is 30.3 Å². The Hall–Kier alpha value is -2.53. The minimum atomic E-state index is 0.326. The molecule has 26 heavy (non-hydrogen) atoms. The van der Waals surface area contributed by atoms with Gasteiger partial charge in [-0.05, 0) is 43.7 Å². The normalized spacial score (nSPS) is 29.6. The van der Waals surface area contributed by atoms with Gasteiger partial charge in [0.25, 0.3) is 0 Å². The number of nitrogens with two attached hydrogens (primary N) is 2. The predicted octanol–water partition coefficient (Wildman–Crippen LogP) is 3.03. The summed E-state index contributed by atoms with van der Waals surface area (Å²) in [4.78, 5) is 0. The van der Waals surface area contributed by atoms with Gasteiger partial charge in [0.1, 0.15) is 17.3 Å². The summed E-state index contributed by atoms with van der Waals surface area (Å²) >= 11 is 0. The van der Waals surface area contributed by atoms with Crippen LogP contribution in [0.15, 0.2) is 47.6 Å². The molecule has 3 aliphatic heterocycles. The Balaban J connectivity index is 1.60. The highest BCUT2D eigenvalue weighted by Crippen LogP contribution is 2.51. The van der Waals surface area contributed by atoms with E-state index in [-0.39, 0.29) is 0 Å². The molecule has 5 rings (SSSR count). The Kier molecular flexibility index (Phi) is 3.64. The van der Waals surface area contributed by atoms with E-state index in [2.05, 4.69) is 34.7 Å². The fourth-order valence-electron chi connectivity index (χ4n) is 5.11. The summed E-state index contributed by atoms with van der Waals surface area (Å²) in [6.07, 6.45) is 5.06. The van der Waals surface area contributed by atoms with E-state index in [1.54, 1.807) is 0 Å². The lowest BCUT2D eigenvalue weighted by atomic mass is 9.73. The summed E-state index contributed by atoms with van der Waals surface area (Å²) in [5, 5.41) is 7.38. The van der Waals surface area contributed by atoms with Crippen molar-refractivity contribution in [2.45, 2.75) is 43.7 Å². The first kappa shape index (κ1) is 15.7. The lowest BCUT2D eigenvalue weighted by molar-refractivity contribution is 0.267. The molecule has 0 radical (unpaired) electrons. The molecule has 0 aromatic heterocycles. The molecule has 2 aromatic carbocycles. The van der Waals surface area contributed by atoms with Crippen LogP contribution in [0.4, 0.5) is 0 Å². The molecular weight excluding hydrogens is 324 g/mol. The van der Waals surface area contributed by atoms with Crippen LogP contribution in [0.1, 0.15) is 48.3 Å². The maximum Gasteiger partial charge on any atom is 0.150 e. The smallest absolute Gasteiger partial charge is 0.150 e. The maximum atomic E-state index is 6.24. The standard InChI is InChI=1S/C21H24N4O/c22-21(25-23)12-5-8-17-19(11-12)26-18-4-2-1-3-16(18)20(17)13-9-14-6-7-15(10-13)24-14/h1-5,8,11,13-15,20,24H,6-7,9-10,23H2,(H2,22,25). The van der Waals surface area contributed by atoms with E-state index in [0.29, 0.717) is 29.8 Å². The predicted molar refractivity (Wildman–Crippen MR) is 102 cm³/mol. The molecule has 0 amide bonds. The van der Waals surface area contributed by atoms with Gasteiger partial charge in [0, 0.05) is 34.7 Å². The van der Waals surface area contributed by atoms with Crippen LogP contribution in [0.3, 0.4) is 0 Å². The first-order chi connectivity index (χ1) is 12.7. The average Bonchev–Trinajstić information content (AvgIpc) is 3.02. The molecule has 0 saturated carbocycles. The van der Waals surface area contributed by atoms with Gasteiger partial charge < -0.3 is 21.6 Å². The number of hydrogen-bond acceptors (Lipinski definition) is 4. The highest BCUT2D eigenvalue weighted by Gasteiger charge is 2.41. The molecule has 0 aliphatic carbocycles. The molecular formula is C21H24N4O. The largest absolute Gasteiger partial charge is 0.457 e. The summed E-state index contributed by atoms with van der Waals surface area (Å²) in [5.74, 6) is 8.51. The number of ether oxygens (including phenoxy) is 1. The van der Waals surface area contributed by atoms with Crippen molar-refractivity contribution >= 4 is 5.84 Å². The third-order valence-electron chi connectivity index (χ3n) is 6.24. The fourth-order valence-corrected chi connectivity index (χ4v) is 5.11. The van der Waals surface area contributed by atoms with E-state index < -0.39 is 0 Å². The van der Waals surface area contributed by atoms with Crippen molar-refractivity contribution in [3.8, 4) is 11.5 Å². The molecule has 3 unspecified atom stereocenters. The second-order valence-electron chi connectivity index (χ2n) is 7.75. The van der Waals surface area contributed by atoms with E-state index in [9.17, 15) is 0 Å². The van der Waals surface area contributed by atoms with Crippen molar-refractivity contribution in [1.29, 1.82) is 0 Å². The average molecular weight is 348 g/mol. The molecule has 134 valence electrons. The van der Waals surface area contributed by atoms with Crippen LogP contribution in [-0.2, 0) is 0 Å². The number of piperidine rings is 1. The Morgan fingerprint density at radius 3 is 2.50 bits per heavy atom. The molecule has 0 spiro atoms. The van der Waals surface area contributed by atoms with E-state index in [1.807, 2.05) is 18.2 Å². The first-order valence-corrected chi connectivity index (χ1v) is 9.43. The van der Waals surface area contributed by atoms with Crippen LogP contribution in [0.5, 0.6) is 11.5 Å². The summed E-state index contributed by atoms with van der Waals surface area (Å²) < 4.78 is 6.24. The molecule has 2 fully saturated rings. The molecule has 5 heteroatoms. The van der Waals surface area contributed by atoms with Gasteiger partial charge >= 0.3 is 0 Å². The molecule has 3 heterocycles. The number of fused-ring (bicyclic) bond motifs is 4. The van der Waals surface area contributed by atoms with Crippen LogP contribution >= 0.6 is 0 Å². The van der Waals surface area contributed by atoms with Crippen molar-refractivity contribution in [3.63, 3.8) is 0 Å². The number of rotatable bonds is 2. The van der Waals surface area contributed by atoms with Crippen LogP contribution in [0.2, 0.25) is 0 Å². The van der Waals surface area contributed by atoms with E-state index in [4.69, 9.17) is 16.3 Å². The second-order valence-corrected chi connectivity index (χ2v) is 7.75. The number of nitrogens with one attached hydrogen (secondary N) is 1. The van der Waals surface area contributed by atoms with Crippen molar-refractivity contribution in [3.05, 3.63) is 59.2 Å². The van der Waals surface area contributed by atoms with Gasteiger partial charge in [-0.25, -0.2) is 0 Å². The van der Waals surface area contributed by atoms with Crippen LogP contribution < -0.4 is 21.6 Å². The third kappa shape index (κ3) is 2.46. The third-order valence-corrected chi connectivity index (χ3v) is 6.24. The van der Waals surface area contributed by atoms with E-state index >= 15 is 0 Å². The van der Waals surface area contributed by atoms with Crippen molar-refractivity contribution < 1.29 is 4.74 Å². The van der Waals surface area contributed by atoms with Crippen LogP contribution in [0, 0.1) is 5.92 Å². The number of hydrazone groups is 1. The van der Waals surface area contributed by atoms with Crippen molar-refractivity contribution in [2.24, 2.45) is 22.6 Å². The quantitative estimate of drug-likeness (QED) is 0.337. The molecule has 2 saturated heterocycles. The zero-order valence-electron chi connectivity index (χ0n) is 14.7. The number of benzene rings is 2.